The van der Waals surface area contributed by atoms with Crippen LogP contribution in [0.4, 0.5) is 0 Å². The van der Waals surface area contributed by atoms with Crippen LogP contribution in [0.5, 0.6) is 0 Å². The molecular weight excluding hydrogens is 128 g/mol. The Hall–Kier alpha value is 0.439. The van der Waals surface area contributed by atoms with E-state index in [1.54, 1.807) is 0 Å². The van der Waals surface area contributed by atoms with Gasteiger partial charge in [0, 0.05) is 29.7 Å². The maximum atomic E-state index is 5.17. The third-order valence-corrected chi connectivity index (χ3v) is 0.372. The van der Waals surface area contributed by atoms with Crippen molar-refractivity contribution in [3.63, 3.8) is 0 Å². The Kier molecular flexibility index (Phi) is 8.76. The fourth-order valence-corrected chi connectivity index (χ4v) is 0. The van der Waals surface area contributed by atoms with Gasteiger partial charge in [-0.2, -0.15) is 0 Å². The van der Waals surface area contributed by atoms with Crippen molar-refractivity contribution >= 4 is 0 Å². The molecule has 1 unspecified atom stereocenters. The maximum Gasteiger partial charge on any atom is 0.0134 e. The summed E-state index contributed by atoms with van der Waals surface area (Å²) in [6, 6.07) is 0.162. The minimum absolute atomic E-state index is 0. The fourth-order valence-electron chi connectivity index (χ4n) is 0. The molecule has 0 aliphatic carbocycles. The predicted octanol–water partition coefficient (Wildman–Crippen LogP) is -0.710. The summed E-state index contributed by atoms with van der Waals surface area (Å²) in [6.07, 6.45) is 0. The van der Waals surface area contributed by atoms with Gasteiger partial charge in [-0.1, -0.05) is 0 Å². The number of hydrogen-bond acceptors (Lipinski definition) is 2. The Bertz CT molecular complexity index is 22.8. The molecule has 0 aromatic rings. The smallest absolute Gasteiger partial charge is 0.0134 e. The van der Waals surface area contributed by atoms with Crippen LogP contribution in [0.2, 0.25) is 0 Å². The second-order valence-electron chi connectivity index (χ2n) is 1.21. The van der Waals surface area contributed by atoms with E-state index >= 15 is 0 Å². The van der Waals surface area contributed by atoms with Crippen molar-refractivity contribution in [1.82, 2.24) is 0 Å². The molecule has 0 heterocycles. The second-order valence-corrected chi connectivity index (χ2v) is 1.21. The molecule has 1 radical (unpaired) electrons. The van der Waals surface area contributed by atoms with Crippen LogP contribution in [0, 0.1) is 0 Å². The molecule has 0 aliphatic rings. The number of nitrogens with two attached hydrogens (primary N) is 2. The molecule has 0 aromatic heterocycles. The van der Waals surface area contributed by atoms with Crippen molar-refractivity contribution in [3.8, 4) is 0 Å². The summed E-state index contributed by atoms with van der Waals surface area (Å²) in [7, 11) is 0. The summed E-state index contributed by atoms with van der Waals surface area (Å²) in [5.74, 6) is 0. The topological polar surface area (TPSA) is 52.0 Å². The monoisotopic (exact) mass is 137 g/mol. The average Bonchev–Trinajstić information content (AvgIpc) is 1.38. The van der Waals surface area contributed by atoms with Gasteiger partial charge in [-0.05, 0) is 6.92 Å². The van der Waals surface area contributed by atoms with E-state index in [1.807, 2.05) is 6.92 Å². The SMILES string of the molecule is CC(N)CN.[Cu]. The quantitative estimate of drug-likeness (QED) is 0.470. The zero-order valence-electron chi connectivity index (χ0n) is 3.74. The summed E-state index contributed by atoms with van der Waals surface area (Å²) in [4.78, 5) is 0. The van der Waals surface area contributed by atoms with Gasteiger partial charge >= 0.3 is 0 Å². The van der Waals surface area contributed by atoms with E-state index in [4.69, 9.17) is 11.5 Å². The molecule has 3 heteroatoms. The van der Waals surface area contributed by atoms with Crippen LogP contribution in [0.3, 0.4) is 0 Å². The molecule has 6 heavy (non-hydrogen) atoms. The summed E-state index contributed by atoms with van der Waals surface area (Å²) in [5, 5.41) is 0. The molecule has 0 saturated heterocycles. The van der Waals surface area contributed by atoms with Crippen molar-refractivity contribution in [2.45, 2.75) is 13.0 Å². The van der Waals surface area contributed by atoms with Gasteiger partial charge in [0.2, 0.25) is 0 Å². The molecular formula is C3H10CuN2. The standard InChI is InChI=1S/C3H10N2.Cu/c1-3(5)2-4;/h3H,2,4-5H2,1H3;. The van der Waals surface area contributed by atoms with Gasteiger partial charge in [0.15, 0.2) is 0 Å². The zero-order valence-corrected chi connectivity index (χ0v) is 4.68. The van der Waals surface area contributed by atoms with Crippen LogP contribution >= 0.6 is 0 Å². The molecule has 0 spiro atoms. The Morgan fingerprint density at radius 3 is 1.83 bits per heavy atom. The molecule has 0 fully saturated rings. The van der Waals surface area contributed by atoms with Gasteiger partial charge < -0.3 is 11.5 Å². The predicted molar refractivity (Wildman–Crippen MR) is 22.7 cm³/mol. The van der Waals surface area contributed by atoms with Crippen LogP contribution in [-0.4, -0.2) is 12.6 Å². The van der Waals surface area contributed by atoms with E-state index in [2.05, 4.69) is 0 Å². The zero-order chi connectivity index (χ0) is 4.28. The minimum Gasteiger partial charge on any atom is -0.329 e. The van der Waals surface area contributed by atoms with Gasteiger partial charge in [-0.3, -0.25) is 0 Å². The summed E-state index contributed by atoms with van der Waals surface area (Å²) < 4.78 is 0. The Labute approximate surface area is 48.7 Å². The van der Waals surface area contributed by atoms with Crippen molar-refractivity contribution in [1.29, 1.82) is 0 Å². The van der Waals surface area contributed by atoms with E-state index in [1.165, 1.54) is 0 Å². The van der Waals surface area contributed by atoms with Gasteiger partial charge in [0.05, 0.1) is 0 Å². The van der Waals surface area contributed by atoms with E-state index in [0.717, 1.165) is 0 Å². The second kappa shape index (κ2) is 5.44. The molecule has 0 aromatic carbocycles. The van der Waals surface area contributed by atoms with Crippen molar-refractivity contribution < 1.29 is 17.1 Å². The molecule has 1 atom stereocenters. The van der Waals surface area contributed by atoms with Gasteiger partial charge in [0.1, 0.15) is 0 Å². The summed E-state index contributed by atoms with van der Waals surface area (Å²) in [6.45, 7) is 2.46. The van der Waals surface area contributed by atoms with E-state index < -0.39 is 0 Å². The molecule has 0 saturated carbocycles. The van der Waals surface area contributed by atoms with Crippen LogP contribution in [0.15, 0.2) is 0 Å². The first-order valence-corrected chi connectivity index (χ1v) is 1.73. The third kappa shape index (κ3) is 8.83. The minimum atomic E-state index is 0. The van der Waals surface area contributed by atoms with E-state index in [9.17, 15) is 0 Å². The van der Waals surface area contributed by atoms with Crippen LogP contribution in [0.1, 0.15) is 6.92 Å². The fraction of sp³-hybridized carbons (Fsp3) is 1.00. The molecule has 0 bridgehead atoms. The van der Waals surface area contributed by atoms with Crippen molar-refractivity contribution in [3.05, 3.63) is 0 Å². The van der Waals surface area contributed by atoms with Gasteiger partial charge in [0.25, 0.3) is 0 Å². The third-order valence-electron chi connectivity index (χ3n) is 0.372. The molecule has 4 N–H and O–H groups in total. The molecule has 43 valence electrons. The Balaban J connectivity index is 0. The average molecular weight is 138 g/mol. The molecule has 0 amide bonds. The first-order chi connectivity index (χ1) is 2.27. The van der Waals surface area contributed by atoms with Crippen LogP contribution in [-0.2, 0) is 17.1 Å². The summed E-state index contributed by atoms with van der Waals surface area (Å²) >= 11 is 0. The van der Waals surface area contributed by atoms with E-state index in [-0.39, 0.29) is 23.1 Å². The van der Waals surface area contributed by atoms with Gasteiger partial charge in [-0.15, -0.1) is 0 Å². The summed E-state index contributed by atoms with van der Waals surface area (Å²) in [5.41, 5.74) is 10.2. The van der Waals surface area contributed by atoms with Gasteiger partial charge in [-0.25, -0.2) is 0 Å². The first-order valence-electron chi connectivity index (χ1n) is 1.73. The maximum absolute atomic E-state index is 5.17. The number of hydrogen-bond donors (Lipinski definition) is 2. The van der Waals surface area contributed by atoms with Crippen molar-refractivity contribution in [2.24, 2.45) is 11.5 Å². The first kappa shape index (κ1) is 9.67. The largest absolute Gasteiger partial charge is 0.329 e. The normalized spacial score (nSPS) is 12.5. The number of rotatable bonds is 1. The molecule has 2 nitrogen and oxygen atoms in total. The van der Waals surface area contributed by atoms with E-state index in [0.29, 0.717) is 6.54 Å². The Morgan fingerprint density at radius 1 is 1.67 bits per heavy atom. The van der Waals surface area contributed by atoms with Crippen molar-refractivity contribution in [2.75, 3.05) is 6.54 Å². The molecule has 0 rings (SSSR count). The van der Waals surface area contributed by atoms with Crippen LogP contribution < -0.4 is 11.5 Å². The van der Waals surface area contributed by atoms with Crippen LogP contribution in [0.25, 0.3) is 0 Å². The Morgan fingerprint density at radius 2 is 1.83 bits per heavy atom. The molecule has 0 aliphatic heterocycles.